The quantitative estimate of drug-likeness (QED) is 0.778. The molecule has 1 aromatic rings. The average Bonchev–Trinajstić information content (AvgIpc) is 2.54. The van der Waals surface area contributed by atoms with Gasteiger partial charge in [0.15, 0.2) is 0 Å². The summed E-state index contributed by atoms with van der Waals surface area (Å²) in [4.78, 5) is 24.3. The molecule has 1 heterocycles. The summed E-state index contributed by atoms with van der Waals surface area (Å²) in [5.41, 5.74) is 6.92. The van der Waals surface area contributed by atoms with Crippen molar-refractivity contribution in [2.45, 2.75) is 12.5 Å². The molecule has 1 aromatic carbocycles. The Morgan fingerprint density at radius 2 is 2.18 bits per heavy atom. The molecule has 0 radical (unpaired) electrons. The Morgan fingerprint density at radius 1 is 1.47 bits per heavy atom. The number of carbonyl (C=O) groups is 2. The molecule has 5 nitrogen and oxygen atoms in total. The summed E-state index contributed by atoms with van der Waals surface area (Å²) in [6.07, 6.45) is 0.232. The Kier molecular flexibility index (Phi) is 3.10. The predicted molar refractivity (Wildman–Crippen MR) is 64.4 cm³/mol. The van der Waals surface area contributed by atoms with Crippen molar-refractivity contribution >= 4 is 17.5 Å². The Balaban J connectivity index is 2.13. The summed E-state index contributed by atoms with van der Waals surface area (Å²) in [6, 6.07) is 7.25. The van der Waals surface area contributed by atoms with Gasteiger partial charge < -0.3 is 16.0 Å². The lowest BCUT2D eigenvalue weighted by Crippen LogP contribution is -2.34. The van der Waals surface area contributed by atoms with E-state index in [4.69, 9.17) is 5.73 Å². The fraction of sp³-hybridized carbons (Fsp3) is 0.333. The number of hydrogen-bond acceptors (Lipinski definition) is 3. The highest BCUT2D eigenvalue weighted by molar-refractivity contribution is 6.04. The van der Waals surface area contributed by atoms with Gasteiger partial charge in [-0.25, -0.2) is 0 Å². The van der Waals surface area contributed by atoms with Crippen molar-refractivity contribution in [1.82, 2.24) is 5.32 Å². The van der Waals surface area contributed by atoms with Crippen molar-refractivity contribution in [3.63, 3.8) is 0 Å². The summed E-state index contributed by atoms with van der Waals surface area (Å²) < 4.78 is 0. The number of nitrogens with zero attached hydrogens (tertiary/aromatic N) is 1. The molecule has 0 fully saturated rings. The van der Waals surface area contributed by atoms with Gasteiger partial charge in [0, 0.05) is 31.3 Å². The molecule has 2 amide bonds. The number of anilines is 1. The van der Waals surface area contributed by atoms with E-state index in [0.29, 0.717) is 6.54 Å². The van der Waals surface area contributed by atoms with Crippen LogP contribution < -0.4 is 16.0 Å². The first-order valence-electron chi connectivity index (χ1n) is 5.49. The summed E-state index contributed by atoms with van der Waals surface area (Å²) in [5, 5.41) is 3.06. The monoisotopic (exact) mass is 233 g/mol. The largest absolute Gasteiger partial charge is 0.370 e. The molecule has 5 heteroatoms. The molecule has 17 heavy (non-hydrogen) atoms. The van der Waals surface area contributed by atoms with Gasteiger partial charge in [0.1, 0.15) is 6.04 Å². The number of nitrogens with one attached hydrogen (secondary N) is 1. The molecule has 0 spiro atoms. The summed E-state index contributed by atoms with van der Waals surface area (Å²) in [5.74, 6) is -0.375. The zero-order chi connectivity index (χ0) is 12.4. The van der Waals surface area contributed by atoms with Crippen molar-refractivity contribution in [2.75, 3.05) is 18.5 Å². The maximum absolute atomic E-state index is 12.0. The van der Waals surface area contributed by atoms with Crippen LogP contribution in [0.1, 0.15) is 18.0 Å². The molecule has 0 saturated carbocycles. The van der Waals surface area contributed by atoms with Crippen LogP contribution in [0, 0.1) is 0 Å². The zero-order valence-electron chi connectivity index (χ0n) is 9.64. The van der Waals surface area contributed by atoms with Crippen molar-refractivity contribution in [2.24, 2.45) is 5.73 Å². The lowest BCUT2D eigenvalue weighted by atomic mass is 10.1. The first-order valence-corrected chi connectivity index (χ1v) is 5.49. The number of primary amides is 1. The van der Waals surface area contributed by atoms with E-state index in [2.05, 4.69) is 5.32 Å². The molecular formula is C12H15N3O2. The molecule has 0 saturated heterocycles. The molecule has 0 aliphatic carbocycles. The summed E-state index contributed by atoms with van der Waals surface area (Å²) >= 11 is 0. The molecule has 0 aromatic heterocycles. The van der Waals surface area contributed by atoms with Crippen LogP contribution >= 0.6 is 0 Å². The predicted octanol–water partition coefficient (Wildman–Crippen LogP) is 0.169. The van der Waals surface area contributed by atoms with Crippen LogP contribution in [0.2, 0.25) is 0 Å². The number of nitrogens with two attached hydrogens (primary N) is 1. The first kappa shape index (κ1) is 11.6. The van der Waals surface area contributed by atoms with E-state index in [9.17, 15) is 9.59 Å². The second-order valence-electron chi connectivity index (χ2n) is 4.06. The maximum atomic E-state index is 12.0. The number of rotatable bonds is 4. The number of amides is 2. The highest BCUT2D eigenvalue weighted by Crippen LogP contribution is 2.34. The molecule has 0 bridgehead atoms. The van der Waals surface area contributed by atoms with Crippen LogP contribution in [-0.4, -0.2) is 25.4 Å². The molecule has 1 aliphatic rings. The van der Waals surface area contributed by atoms with Crippen LogP contribution in [0.3, 0.4) is 0 Å². The van der Waals surface area contributed by atoms with Gasteiger partial charge in [0.2, 0.25) is 11.8 Å². The van der Waals surface area contributed by atoms with Crippen LogP contribution in [0.5, 0.6) is 0 Å². The lowest BCUT2D eigenvalue weighted by molar-refractivity contribution is -0.120. The SMILES string of the molecule is CN1C(=O)C(NCCC(N)=O)c2ccccc21. The molecule has 1 atom stereocenters. The Bertz CT molecular complexity index is 459. The Morgan fingerprint density at radius 3 is 2.88 bits per heavy atom. The van der Waals surface area contributed by atoms with E-state index < -0.39 is 0 Å². The number of hydrogen-bond donors (Lipinski definition) is 2. The lowest BCUT2D eigenvalue weighted by Gasteiger charge is -2.12. The zero-order valence-corrected chi connectivity index (χ0v) is 9.64. The minimum absolute atomic E-state index is 0.00401. The molecule has 1 unspecified atom stereocenters. The third-order valence-corrected chi connectivity index (χ3v) is 2.91. The number of carbonyl (C=O) groups excluding carboxylic acids is 2. The van der Waals surface area contributed by atoms with E-state index in [-0.39, 0.29) is 24.3 Å². The van der Waals surface area contributed by atoms with E-state index in [1.165, 1.54) is 0 Å². The van der Waals surface area contributed by atoms with Gasteiger partial charge in [0.25, 0.3) is 0 Å². The molecular weight excluding hydrogens is 218 g/mol. The summed E-state index contributed by atoms with van der Waals surface area (Å²) in [6.45, 7) is 0.411. The Labute approximate surface area is 99.6 Å². The molecule has 2 rings (SSSR count). The van der Waals surface area contributed by atoms with Crippen molar-refractivity contribution in [3.8, 4) is 0 Å². The molecule has 90 valence electrons. The van der Waals surface area contributed by atoms with Gasteiger partial charge in [-0.2, -0.15) is 0 Å². The third-order valence-electron chi connectivity index (χ3n) is 2.91. The molecule has 3 N–H and O–H groups in total. The normalized spacial score (nSPS) is 18.3. The van der Waals surface area contributed by atoms with Crippen LogP contribution in [0.4, 0.5) is 5.69 Å². The number of benzene rings is 1. The second-order valence-corrected chi connectivity index (χ2v) is 4.06. The van der Waals surface area contributed by atoms with Crippen molar-refractivity contribution in [3.05, 3.63) is 29.8 Å². The second kappa shape index (κ2) is 4.55. The van der Waals surface area contributed by atoms with E-state index in [1.807, 2.05) is 24.3 Å². The summed E-state index contributed by atoms with van der Waals surface area (Å²) in [7, 11) is 1.75. The van der Waals surface area contributed by atoms with Crippen molar-refractivity contribution in [1.29, 1.82) is 0 Å². The van der Waals surface area contributed by atoms with E-state index >= 15 is 0 Å². The standard InChI is InChI=1S/C12H15N3O2/c1-15-9-5-3-2-4-8(9)11(12(15)17)14-7-6-10(13)16/h2-5,11,14H,6-7H2,1H3,(H2,13,16). The fourth-order valence-electron chi connectivity index (χ4n) is 2.02. The van der Waals surface area contributed by atoms with Crippen LogP contribution in [0.25, 0.3) is 0 Å². The average molecular weight is 233 g/mol. The van der Waals surface area contributed by atoms with Gasteiger partial charge >= 0.3 is 0 Å². The fourth-order valence-corrected chi connectivity index (χ4v) is 2.02. The van der Waals surface area contributed by atoms with Crippen LogP contribution in [-0.2, 0) is 9.59 Å². The first-order chi connectivity index (χ1) is 8.11. The minimum atomic E-state index is -0.371. The smallest absolute Gasteiger partial charge is 0.248 e. The number of likely N-dealkylation sites (N-methyl/N-ethyl adjacent to an activating group) is 1. The molecule has 1 aliphatic heterocycles. The minimum Gasteiger partial charge on any atom is -0.370 e. The van der Waals surface area contributed by atoms with Gasteiger partial charge in [-0.1, -0.05) is 18.2 Å². The van der Waals surface area contributed by atoms with E-state index in [0.717, 1.165) is 11.3 Å². The van der Waals surface area contributed by atoms with Crippen molar-refractivity contribution < 1.29 is 9.59 Å². The van der Waals surface area contributed by atoms with E-state index in [1.54, 1.807) is 11.9 Å². The number of fused-ring (bicyclic) bond motifs is 1. The van der Waals surface area contributed by atoms with Gasteiger partial charge in [-0.3, -0.25) is 9.59 Å². The third kappa shape index (κ3) is 2.14. The highest BCUT2D eigenvalue weighted by atomic mass is 16.2. The van der Waals surface area contributed by atoms with Gasteiger partial charge in [-0.15, -0.1) is 0 Å². The Hall–Kier alpha value is -1.88. The van der Waals surface area contributed by atoms with Gasteiger partial charge in [0.05, 0.1) is 0 Å². The van der Waals surface area contributed by atoms with Gasteiger partial charge in [-0.05, 0) is 6.07 Å². The number of para-hydroxylation sites is 1. The maximum Gasteiger partial charge on any atom is 0.248 e. The topological polar surface area (TPSA) is 75.4 Å². The van der Waals surface area contributed by atoms with Crippen LogP contribution in [0.15, 0.2) is 24.3 Å². The highest BCUT2D eigenvalue weighted by Gasteiger charge is 2.34.